The number of fused-ring (bicyclic) bond motifs is 1. The van der Waals surface area contributed by atoms with Crippen LogP contribution in [0.3, 0.4) is 0 Å². The number of rotatable bonds is 4. The number of para-hydroxylation sites is 1. The smallest absolute Gasteiger partial charge is 0.131 e. The summed E-state index contributed by atoms with van der Waals surface area (Å²) in [6.07, 6.45) is 3.22. The summed E-state index contributed by atoms with van der Waals surface area (Å²) in [5, 5.41) is 5.53. The van der Waals surface area contributed by atoms with E-state index >= 15 is 0 Å². The highest BCUT2D eigenvalue weighted by Crippen LogP contribution is 2.35. The molecule has 3 aromatic rings. The molecule has 0 saturated heterocycles. The number of nitrogen functional groups attached to an aromatic ring is 1. The van der Waals surface area contributed by atoms with Crippen molar-refractivity contribution in [3.63, 3.8) is 0 Å². The van der Waals surface area contributed by atoms with Crippen molar-refractivity contribution in [1.29, 1.82) is 0 Å². The van der Waals surface area contributed by atoms with E-state index in [-0.39, 0.29) is 0 Å². The highest BCUT2D eigenvalue weighted by atomic mass is 32.1. The molecular formula is C15H18N4S. The van der Waals surface area contributed by atoms with Crippen LogP contribution in [-0.2, 0) is 13.5 Å². The van der Waals surface area contributed by atoms with Crippen LogP contribution in [0.5, 0.6) is 0 Å². The van der Waals surface area contributed by atoms with Crippen LogP contribution in [0.4, 0.5) is 5.82 Å². The van der Waals surface area contributed by atoms with E-state index in [1.54, 1.807) is 16.0 Å². The maximum Gasteiger partial charge on any atom is 0.131 e. The Morgan fingerprint density at radius 3 is 2.85 bits per heavy atom. The van der Waals surface area contributed by atoms with Crippen LogP contribution in [-0.4, -0.2) is 14.8 Å². The topological polar surface area (TPSA) is 56.7 Å². The molecular weight excluding hydrogens is 268 g/mol. The molecule has 2 aromatic heterocycles. The van der Waals surface area contributed by atoms with Crippen LogP contribution in [0.25, 0.3) is 20.8 Å². The molecule has 5 heteroatoms. The molecule has 0 unspecified atom stereocenters. The summed E-state index contributed by atoms with van der Waals surface area (Å²) < 4.78 is 2.94. The molecule has 1 aromatic carbocycles. The Morgan fingerprint density at radius 1 is 1.30 bits per heavy atom. The van der Waals surface area contributed by atoms with E-state index in [0.717, 1.165) is 41.0 Å². The maximum absolute atomic E-state index is 6.20. The van der Waals surface area contributed by atoms with Crippen LogP contribution in [0.2, 0.25) is 0 Å². The van der Waals surface area contributed by atoms with E-state index in [2.05, 4.69) is 18.1 Å². The van der Waals surface area contributed by atoms with Crippen LogP contribution in [0.1, 0.15) is 25.5 Å². The van der Waals surface area contributed by atoms with Crippen LogP contribution in [0.15, 0.2) is 24.3 Å². The summed E-state index contributed by atoms with van der Waals surface area (Å²) in [5.74, 6) is 0.704. The predicted molar refractivity (Wildman–Crippen MR) is 84.8 cm³/mol. The molecule has 0 atom stereocenters. The molecule has 0 radical (unpaired) electrons. The number of hydrogen-bond acceptors (Lipinski definition) is 4. The molecule has 2 heterocycles. The summed E-state index contributed by atoms with van der Waals surface area (Å²) in [6, 6.07) is 8.17. The van der Waals surface area contributed by atoms with Gasteiger partial charge in [0.25, 0.3) is 0 Å². The molecule has 0 fully saturated rings. The van der Waals surface area contributed by atoms with Gasteiger partial charge in [0.15, 0.2) is 0 Å². The first-order valence-electron chi connectivity index (χ1n) is 6.88. The first kappa shape index (κ1) is 13.1. The first-order chi connectivity index (χ1) is 9.70. The van der Waals surface area contributed by atoms with Gasteiger partial charge in [0, 0.05) is 7.05 Å². The van der Waals surface area contributed by atoms with Crippen LogP contribution in [0, 0.1) is 0 Å². The van der Waals surface area contributed by atoms with Crippen molar-refractivity contribution in [3.8, 4) is 10.6 Å². The van der Waals surface area contributed by atoms with Gasteiger partial charge in [0.05, 0.1) is 21.5 Å². The van der Waals surface area contributed by atoms with Crippen LogP contribution >= 0.6 is 11.3 Å². The van der Waals surface area contributed by atoms with Gasteiger partial charge in [-0.05, 0) is 25.0 Å². The van der Waals surface area contributed by atoms with Gasteiger partial charge in [-0.25, -0.2) is 4.98 Å². The van der Waals surface area contributed by atoms with Crippen molar-refractivity contribution < 1.29 is 0 Å². The highest BCUT2D eigenvalue weighted by molar-refractivity contribution is 7.21. The lowest BCUT2D eigenvalue weighted by molar-refractivity contribution is 0.718. The molecule has 0 aliphatic heterocycles. The quantitative estimate of drug-likeness (QED) is 0.797. The van der Waals surface area contributed by atoms with Gasteiger partial charge >= 0.3 is 0 Å². The van der Waals surface area contributed by atoms with Gasteiger partial charge in [-0.3, -0.25) is 4.68 Å². The van der Waals surface area contributed by atoms with Gasteiger partial charge in [-0.15, -0.1) is 11.3 Å². The lowest BCUT2D eigenvalue weighted by atomic mass is 10.1. The standard InChI is InChI=1S/C15H18N4S/c1-3-4-7-11-13(14(16)19(2)18-11)15-17-10-8-5-6-9-12(10)20-15/h5-6,8-9H,3-4,7,16H2,1-2H3. The minimum absolute atomic E-state index is 0.704. The lowest BCUT2D eigenvalue weighted by Gasteiger charge is -1.99. The molecule has 3 rings (SSSR count). The van der Waals surface area contributed by atoms with Gasteiger partial charge in [0.1, 0.15) is 10.8 Å². The van der Waals surface area contributed by atoms with Crippen molar-refractivity contribution in [2.75, 3.05) is 5.73 Å². The number of hydrogen-bond donors (Lipinski definition) is 1. The Morgan fingerprint density at radius 2 is 2.10 bits per heavy atom. The van der Waals surface area contributed by atoms with E-state index in [9.17, 15) is 0 Å². The normalized spacial score (nSPS) is 11.3. The average Bonchev–Trinajstić information content (AvgIpc) is 2.98. The summed E-state index contributed by atoms with van der Waals surface area (Å²) in [7, 11) is 1.89. The number of anilines is 1. The fraction of sp³-hybridized carbons (Fsp3) is 0.333. The van der Waals surface area contributed by atoms with E-state index in [1.807, 2.05) is 25.2 Å². The van der Waals surface area contributed by atoms with Gasteiger partial charge < -0.3 is 5.73 Å². The molecule has 0 amide bonds. The van der Waals surface area contributed by atoms with Crippen molar-refractivity contribution in [2.45, 2.75) is 26.2 Å². The minimum Gasteiger partial charge on any atom is -0.383 e. The van der Waals surface area contributed by atoms with Crippen molar-refractivity contribution in [2.24, 2.45) is 7.05 Å². The zero-order valence-corrected chi connectivity index (χ0v) is 12.6. The molecule has 0 bridgehead atoms. The lowest BCUT2D eigenvalue weighted by Crippen LogP contribution is -1.97. The minimum atomic E-state index is 0.704. The number of unbranched alkanes of at least 4 members (excludes halogenated alkanes) is 1. The van der Waals surface area contributed by atoms with E-state index in [1.165, 1.54) is 4.70 Å². The number of aromatic nitrogens is 3. The molecule has 0 saturated carbocycles. The number of aryl methyl sites for hydroxylation is 2. The first-order valence-corrected chi connectivity index (χ1v) is 7.69. The molecule has 0 aliphatic rings. The van der Waals surface area contributed by atoms with Crippen molar-refractivity contribution in [1.82, 2.24) is 14.8 Å². The third-order valence-corrected chi connectivity index (χ3v) is 4.49. The Balaban J connectivity index is 2.12. The Kier molecular flexibility index (Phi) is 3.44. The third kappa shape index (κ3) is 2.18. The van der Waals surface area contributed by atoms with E-state index in [0.29, 0.717) is 5.82 Å². The summed E-state index contributed by atoms with van der Waals surface area (Å²) in [5.41, 5.74) is 9.30. The number of thiazole rings is 1. The van der Waals surface area contributed by atoms with Gasteiger partial charge in [0.2, 0.25) is 0 Å². The predicted octanol–water partition coefficient (Wildman–Crippen LogP) is 3.62. The molecule has 20 heavy (non-hydrogen) atoms. The van der Waals surface area contributed by atoms with E-state index in [4.69, 9.17) is 10.7 Å². The summed E-state index contributed by atoms with van der Waals surface area (Å²) in [6.45, 7) is 2.18. The largest absolute Gasteiger partial charge is 0.383 e. The van der Waals surface area contributed by atoms with Crippen molar-refractivity contribution >= 4 is 27.4 Å². The van der Waals surface area contributed by atoms with Crippen LogP contribution < -0.4 is 5.73 Å². The van der Waals surface area contributed by atoms with E-state index < -0.39 is 0 Å². The second kappa shape index (κ2) is 5.25. The fourth-order valence-corrected chi connectivity index (χ4v) is 3.37. The second-order valence-electron chi connectivity index (χ2n) is 4.92. The third-order valence-electron chi connectivity index (χ3n) is 3.44. The van der Waals surface area contributed by atoms with Crippen molar-refractivity contribution in [3.05, 3.63) is 30.0 Å². The Hall–Kier alpha value is -1.88. The monoisotopic (exact) mass is 286 g/mol. The second-order valence-corrected chi connectivity index (χ2v) is 5.95. The summed E-state index contributed by atoms with van der Waals surface area (Å²) in [4.78, 5) is 4.71. The fourth-order valence-electron chi connectivity index (χ4n) is 2.33. The Labute approximate surface area is 122 Å². The molecule has 4 nitrogen and oxygen atoms in total. The molecule has 0 aliphatic carbocycles. The number of nitrogens with two attached hydrogens (primary N) is 1. The van der Waals surface area contributed by atoms with Gasteiger partial charge in [-0.1, -0.05) is 25.5 Å². The molecule has 2 N–H and O–H groups in total. The zero-order chi connectivity index (χ0) is 14.1. The number of benzene rings is 1. The zero-order valence-electron chi connectivity index (χ0n) is 11.8. The molecule has 104 valence electrons. The SMILES string of the molecule is CCCCc1nn(C)c(N)c1-c1nc2ccccc2s1. The summed E-state index contributed by atoms with van der Waals surface area (Å²) >= 11 is 1.68. The number of nitrogens with zero attached hydrogens (tertiary/aromatic N) is 3. The Bertz CT molecular complexity index is 708. The average molecular weight is 286 g/mol. The highest BCUT2D eigenvalue weighted by Gasteiger charge is 2.18. The van der Waals surface area contributed by atoms with Gasteiger partial charge in [-0.2, -0.15) is 5.10 Å². The molecule has 0 spiro atoms. The maximum atomic E-state index is 6.20.